The summed E-state index contributed by atoms with van der Waals surface area (Å²) in [7, 11) is 1.61. The average Bonchev–Trinajstić information content (AvgIpc) is 3.54. The lowest BCUT2D eigenvalue weighted by atomic mass is 10.1. The Morgan fingerprint density at radius 1 is 1.18 bits per heavy atom. The third-order valence-corrected chi connectivity index (χ3v) is 7.07. The second-order valence-electron chi connectivity index (χ2n) is 9.57. The van der Waals surface area contributed by atoms with Crippen LogP contribution in [0.25, 0.3) is 0 Å². The number of carbonyl (C=O) groups is 2. The predicted octanol–water partition coefficient (Wildman–Crippen LogP) is 2.89. The summed E-state index contributed by atoms with van der Waals surface area (Å²) < 4.78 is 22.4. The highest BCUT2D eigenvalue weighted by Crippen LogP contribution is 2.43. The van der Waals surface area contributed by atoms with E-state index in [0.717, 1.165) is 47.6 Å². The Hall–Kier alpha value is -4.54. The highest BCUT2D eigenvalue weighted by Gasteiger charge is 2.30. The Kier molecular flexibility index (Phi) is 6.78. The number of aromatic nitrogens is 2. The first kappa shape index (κ1) is 24.8. The minimum absolute atomic E-state index is 0.136. The fourth-order valence-electron chi connectivity index (χ4n) is 4.93. The Balaban J connectivity index is 1.29. The molecule has 0 aliphatic carbocycles. The number of hydrogen-bond acceptors (Lipinski definition) is 9. The Morgan fingerprint density at radius 2 is 2.00 bits per heavy atom. The lowest BCUT2D eigenvalue weighted by Gasteiger charge is -2.20. The topological polar surface area (TPSA) is 124 Å². The zero-order valence-corrected chi connectivity index (χ0v) is 21.6. The van der Waals surface area contributed by atoms with Gasteiger partial charge >= 0.3 is 0 Å². The largest absolute Gasteiger partial charge is 0.497 e. The number of rotatable bonds is 7. The molecule has 0 spiro atoms. The first-order chi connectivity index (χ1) is 19.1. The van der Waals surface area contributed by atoms with Gasteiger partial charge in [-0.25, -0.2) is 4.98 Å². The van der Waals surface area contributed by atoms with Gasteiger partial charge in [0.15, 0.2) is 11.5 Å². The van der Waals surface area contributed by atoms with Gasteiger partial charge in [-0.15, -0.1) is 0 Å². The number of hydrogen-bond donors (Lipinski definition) is 2. The zero-order valence-electron chi connectivity index (χ0n) is 21.6. The molecular weight excluding hydrogens is 502 g/mol. The van der Waals surface area contributed by atoms with Crippen molar-refractivity contribution < 1.29 is 28.5 Å². The lowest BCUT2D eigenvalue weighted by molar-refractivity contribution is -0.122. The molecule has 202 valence electrons. The van der Waals surface area contributed by atoms with Crippen LogP contribution in [0.2, 0.25) is 0 Å². The molecule has 2 aromatic carbocycles. The molecule has 2 amide bonds. The van der Waals surface area contributed by atoms with Crippen molar-refractivity contribution in [3.8, 4) is 23.1 Å². The number of methoxy groups -OCH3 is 1. The van der Waals surface area contributed by atoms with E-state index in [-0.39, 0.29) is 30.8 Å². The lowest BCUT2D eigenvalue weighted by Crippen LogP contribution is -2.45. The van der Waals surface area contributed by atoms with Crippen molar-refractivity contribution in [1.29, 1.82) is 0 Å². The van der Waals surface area contributed by atoms with Crippen LogP contribution in [0.15, 0.2) is 42.6 Å². The smallest absolute Gasteiger partial charge is 0.259 e. The number of fused-ring (bicyclic) bond motifs is 2. The van der Waals surface area contributed by atoms with Crippen LogP contribution < -0.4 is 34.5 Å². The molecule has 0 radical (unpaired) electrons. The number of carbonyl (C=O) groups excluding carboxylic acids is 2. The molecule has 1 saturated heterocycles. The minimum atomic E-state index is -0.621. The second-order valence-corrected chi connectivity index (χ2v) is 9.57. The summed E-state index contributed by atoms with van der Waals surface area (Å²) in [5.74, 6) is 2.03. The van der Waals surface area contributed by atoms with Crippen LogP contribution >= 0.6 is 0 Å². The standard InChI is InChI=1S/C28H29N5O6/c1-36-19-7-5-17(6-8-19)15-37-27-20(25(34)31-21-4-2-3-10-29-26(21)35)14-30-28(32-27)33-11-9-18-12-23-24(13-22(18)33)39-16-38-23/h5-8,12-14,21H,2-4,9-11,15-16H2,1H3,(H,29,35)(H,31,34). The van der Waals surface area contributed by atoms with Crippen LogP contribution in [0, 0.1) is 0 Å². The third-order valence-electron chi connectivity index (χ3n) is 7.07. The Morgan fingerprint density at radius 3 is 2.82 bits per heavy atom. The summed E-state index contributed by atoms with van der Waals surface area (Å²) >= 11 is 0. The summed E-state index contributed by atoms with van der Waals surface area (Å²) in [4.78, 5) is 36.9. The number of amides is 2. The zero-order chi connectivity index (χ0) is 26.8. The van der Waals surface area contributed by atoms with Gasteiger partial charge in [-0.3, -0.25) is 9.59 Å². The van der Waals surface area contributed by atoms with Gasteiger partial charge in [0, 0.05) is 25.4 Å². The molecule has 0 bridgehead atoms. The fourth-order valence-corrected chi connectivity index (χ4v) is 4.93. The van der Waals surface area contributed by atoms with Crippen LogP contribution in [0.1, 0.15) is 40.7 Å². The summed E-state index contributed by atoms with van der Waals surface area (Å²) in [6, 6.07) is 10.7. The summed E-state index contributed by atoms with van der Waals surface area (Å²) in [5, 5.41) is 5.68. The third kappa shape index (κ3) is 5.12. The van der Waals surface area contributed by atoms with Crippen molar-refractivity contribution in [3.63, 3.8) is 0 Å². The van der Waals surface area contributed by atoms with Crippen molar-refractivity contribution in [2.75, 3.05) is 31.9 Å². The Bertz CT molecular complexity index is 1400. The van der Waals surface area contributed by atoms with Crippen molar-refractivity contribution in [1.82, 2.24) is 20.6 Å². The molecule has 11 nitrogen and oxygen atoms in total. The van der Waals surface area contributed by atoms with Gasteiger partial charge in [-0.2, -0.15) is 4.98 Å². The average molecular weight is 532 g/mol. The second kappa shape index (κ2) is 10.7. The van der Waals surface area contributed by atoms with Crippen LogP contribution in [-0.2, 0) is 17.8 Å². The molecule has 3 aromatic rings. The van der Waals surface area contributed by atoms with E-state index in [9.17, 15) is 9.59 Å². The van der Waals surface area contributed by atoms with Gasteiger partial charge in [0.05, 0.1) is 12.8 Å². The first-order valence-electron chi connectivity index (χ1n) is 13.0. The summed E-state index contributed by atoms with van der Waals surface area (Å²) in [5.41, 5.74) is 3.07. The van der Waals surface area contributed by atoms with E-state index in [0.29, 0.717) is 31.2 Å². The van der Waals surface area contributed by atoms with E-state index in [1.54, 1.807) is 7.11 Å². The van der Waals surface area contributed by atoms with Gasteiger partial charge in [0.1, 0.15) is 24.0 Å². The molecule has 39 heavy (non-hydrogen) atoms. The summed E-state index contributed by atoms with van der Waals surface area (Å²) in [6.45, 7) is 1.64. The monoisotopic (exact) mass is 531 g/mol. The van der Waals surface area contributed by atoms with Gasteiger partial charge in [-0.05, 0) is 55.0 Å². The SMILES string of the molecule is COc1ccc(COc2nc(N3CCc4cc5c(cc43)OCO5)ncc2C(=O)NC2CCCCNC2=O)cc1. The summed E-state index contributed by atoms with van der Waals surface area (Å²) in [6.07, 6.45) is 4.53. The number of benzene rings is 2. The minimum Gasteiger partial charge on any atom is -0.497 e. The Labute approximate surface area is 225 Å². The number of ether oxygens (including phenoxy) is 4. The molecule has 2 N–H and O–H groups in total. The van der Waals surface area contributed by atoms with Crippen LogP contribution in [0.3, 0.4) is 0 Å². The molecule has 6 rings (SSSR count). The molecule has 0 saturated carbocycles. The van der Waals surface area contributed by atoms with Crippen LogP contribution in [0.5, 0.6) is 23.1 Å². The van der Waals surface area contributed by atoms with Gasteiger partial charge in [-0.1, -0.05) is 12.1 Å². The van der Waals surface area contributed by atoms with E-state index in [1.165, 1.54) is 6.20 Å². The predicted molar refractivity (Wildman–Crippen MR) is 141 cm³/mol. The van der Waals surface area contributed by atoms with Gasteiger partial charge < -0.3 is 34.5 Å². The molecule has 3 aliphatic rings. The quantitative estimate of drug-likeness (QED) is 0.474. The van der Waals surface area contributed by atoms with Crippen molar-refractivity contribution >= 4 is 23.5 Å². The number of nitrogens with one attached hydrogen (secondary N) is 2. The normalized spacial score (nSPS) is 17.7. The van der Waals surface area contributed by atoms with Gasteiger partial charge in [0.25, 0.3) is 5.91 Å². The van der Waals surface area contributed by atoms with Gasteiger partial charge in [0.2, 0.25) is 24.5 Å². The van der Waals surface area contributed by atoms with Crippen molar-refractivity contribution in [2.24, 2.45) is 0 Å². The fraction of sp³-hybridized carbons (Fsp3) is 0.357. The maximum absolute atomic E-state index is 13.3. The van der Waals surface area contributed by atoms with E-state index in [1.807, 2.05) is 41.3 Å². The van der Waals surface area contributed by atoms with Crippen molar-refractivity contribution in [2.45, 2.75) is 38.3 Å². The molecule has 1 unspecified atom stereocenters. The highest BCUT2D eigenvalue weighted by molar-refractivity contribution is 5.99. The van der Waals surface area contributed by atoms with Crippen LogP contribution in [0.4, 0.5) is 11.6 Å². The van der Waals surface area contributed by atoms with E-state index in [2.05, 4.69) is 20.6 Å². The highest BCUT2D eigenvalue weighted by atomic mass is 16.7. The van der Waals surface area contributed by atoms with E-state index < -0.39 is 11.9 Å². The molecule has 4 heterocycles. The first-order valence-corrected chi connectivity index (χ1v) is 13.0. The van der Waals surface area contributed by atoms with E-state index in [4.69, 9.17) is 18.9 Å². The molecule has 11 heteroatoms. The number of anilines is 2. The molecule has 3 aliphatic heterocycles. The molecule has 1 atom stereocenters. The molecule has 1 fully saturated rings. The maximum Gasteiger partial charge on any atom is 0.259 e. The maximum atomic E-state index is 13.3. The molecule has 1 aromatic heterocycles. The van der Waals surface area contributed by atoms with E-state index >= 15 is 0 Å². The molecular formula is C28H29N5O6. The van der Waals surface area contributed by atoms with Crippen LogP contribution in [-0.4, -0.2) is 54.8 Å². The number of nitrogens with zero attached hydrogens (tertiary/aromatic N) is 3. The van der Waals surface area contributed by atoms with Crippen molar-refractivity contribution in [3.05, 3.63) is 59.3 Å².